The highest BCUT2D eigenvalue weighted by atomic mass is 35.5. The second-order valence-corrected chi connectivity index (χ2v) is 5.58. The van der Waals surface area contributed by atoms with Gasteiger partial charge in [0.15, 0.2) is 5.69 Å². The van der Waals surface area contributed by atoms with Gasteiger partial charge in [-0.2, -0.15) is 13.2 Å². The maximum Gasteiger partial charge on any atom is 0.418 e. The fourth-order valence-corrected chi connectivity index (χ4v) is 2.63. The zero-order chi connectivity index (χ0) is 17.2. The van der Waals surface area contributed by atoms with Crippen LogP contribution in [0, 0.1) is 0 Å². The molecule has 136 valence electrons. The third kappa shape index (κ3) is 4.49. The Morgan fingerprint density at radius 3 is 2.76 bits per heavy atom. The van der Waals surface area contributed by atoms with Gasteiger partial charge in [-0.1, -0.05) is 17.3 Å². The summed E-state index contributed by atoms with van der Waals surface area (Å²) in [5.41, 5.74) is -1.02. The Morgan fingerprint density at radius 2 is 2.08 bits per heavy atom. The van der Waals surface area contributed by atoms with Crippen molar-refractivity contribution in [3.8, 4) is 5.69 Å². The number of benzene rings is 1. The summed E-state index contributed by atoms with van der Waals surface area (Å²) < 4.78 is 40.2. The van der Waals surface area contributed by atoms with Crippen LogP contribution in [0.1, 0.15) is 28.9 Å². The monoisotopic (exact) mass is 375 g/mol. The van der Waals surface area contributed by atoms with Crippen LogP contribution >= 0.6 is 12.4 Å². The first-order valence-electron chi connectivity index (χ1n) is 7.55. The van der Waals surface area contributed by atoms with E-state index in [-0.39, 0.29) is 29.8 Å². The molecule has 1 fully saturated rings. The SMILES string of the molecule is Cl.O=C(NC1CCCNC1)c1cn(-c2ccccc2C(F)(F)F)nn1. The van der Waals surface area contributed by atoms with Crippen molar-refractivity contribution in [1.82, 2.24) is 25.6 Å². The zero-order valence-corrected chi connectivity index (χ0v) is 13.9. The lowest BCUT2D eigenvalue weighted by Crippen LogP contribution is -2.45. The molecule has 1 aliphatic heterocycles. The molecule has 3 rings (SSSR count). The van der Waals surface area contributed by atoms with Crippen LogP contribution in [0.4, 0.5) is 13.2 Å². The van der Waals surface area contributed by atoms with Gasteiger partial charge in [-0.05, 0) is 31.5 Å². The second-order valence-electron chi connectivity index (χ2n) is 5.58. The first-order chi connectivity index (χ1) is 11.4. The molecular weight excluding hydrogens is 359 g/mol. The van der Waals surface area contributed by atoms with Crippen molar-refractivity contribution in [2.24, 2.45) is 0 Å². The fraction of sp³-hybridized carbons (Fsp3) is 0.400. The summed E-state index contributed by atoms with van der Waals surface area (Å²) in [5.74, 6) is -0.445. The van der Waals surface area contributed by atoms with E-state index in [0.717, 1.165) is 30.1 Å². The Balaban J connectivity index is 0.00000225. The normalized spacial score (nSPS) is 17.6. The summed E-state index contributed by atoms with van der Waals surface area (Å²) in [6, 6.07) is 5.00. The molecule has 0 aliphatic carbocycles. The number of halogens is 4. The van der Waals surface area contributed by atoms with Crippen LogP contribution < -0.4 is 10.6 Å². The summed E-state index contributed by atoms with van der Waals surface area (Å²) in [5, 5.41) is 13.3. The standard InChI is InChI=1S/C15H16F3N5O.ClH/c16-15(17,18)11-5-1-2-6-13(11)23-9-12(21-22-23)14(24)20-10-4-3-7-19-8-10;/h1-2,5-6,9-10,19H,3-4,7-8H2,(H,20,24);1H. The number of carbonyl (C=O) groups excluding carboxylic acids is 1. The number of nitrogens with zero attached hydrogens (tertiary/aromatic N) is 3. The molecule has 0 radical (unpaired) electrons. The fourth-order valence-electron chi connectivity index (χ4n) is 2.63. The van der Waals surface area contributed by atoms with Crippen LogP contribution in [0.25, 0.3) is 5.69 Å². The van der Waals surface area contributed by atoms with Gasteiger partial charge in [0.25, 0.3) is 5.91 Å². The molecule has 0 spiro atoms. The number of amides is 1. The average Bonchev–Trinajstić information content (AvgIpc) is 3.05. The van der Waals surface area contributed by atoms with Crippen LogP contribution in [0.5, 0.6) is 0 Å². The van der Waals surface area contributed by atoms with E-state index in [9.17, 15) is 18.0 Å². The molecule has 6 nitrogen and oxygen atoms in total. The van der Waals surface area contributed by atoms with E-state index in [1.54, 1.807) is 0 Å². The van der Waals surface area contributed by atoms with Crippen molar-refractivity contribution in [1.29, 1.82) is 0 Å². The molecular formula is C15H17ClF3N5O. The van der Waals surface area contributed by atoms with Crippen LogP contribution in [0.3, 0.4) is 0 Å². The lowest BCUT2D eigenvalue weighted by molar-refractivity contribution is -0.137. The topological polar surface area (TPSA) is 71.8 Å². The Labute approximate surface area is 148 Å². The highest BCUT2D eigenvalue weighted by Crippen LogP contribution is 2.33. The van der Waals surface area contributed by atoms with Crippen molar-refractivity contribution in [2.45, 2.75) is 25.1 Å². The van der Waals surface area contributed by atoms with Gasteiger partial charge in [0, 0.05) is 12.6 Å². The van der Waals surface area contributed by atoms with E-state index in [4.69, 9.17) is 0 Å². The highest BCUT2D eigenvalue weighted by molar-refractivity contribution is 5.92. The Hall–Kier alpha value is -2.13. The van der Waals surface area contributed by atoms with Crippen LogP contribution in [-0.2, 0) is 6.18 Å². The zero-order valence-electron chi connectivity index (χ0n) is 13.1. The maximum atomic E-state index is 13.1. The Morgan fingerprint density at radius 1 is 1.32 bits per heavy atom. The summed E-state index contributed by atoms with van der Waals surface area (Å²) in [7, 11) is 0. The van der Waals surface area contributed by atoms with Crippen LogP contribution in [-0.4, -0.2) is 40.0 Å². The number of rotatable bonds is 3. The van der Waals surface area contributed by atoms with E-state index in [1.165, 1.54) is 24.4 Å². The van der Waals surface area contributed by atoms with E-state index in [0.29, 0.717) is 6.54 Å². The minimum atomic E-state index is -4.52. The van der Waals surface area contributed by atoms with Crippen LogP contribution in [0.2, 0.25) is 0 Å². The third-order valence-electron chi connectivity index (χ3n) is 3.81. The van der Waals surface area contributed by atoms with E-state index >= 15 is 0 Å². The predicted molar refractivity (Wildman–Crippen MR) is 87.0 cm³/mol. The van der Waals surface area contributed by atoms with Crippen molar-refractivity contribution >= 4 is 18.3 Å². The number of hydrogen-bond acceptors (Lipinski definition) is 4. The molecule has 1 aromatic heterocycles. The Bertz CT molecular complexity index is 728. The highest BCUT2D eigenvalue weighted by Gasteiger charge is 2.34. The average molecular weight is 376 g/mol. The first-order valence-corrected chi connectivity index (χ1v) is 7.55. The van der Waals surface area contributed by atoms with Crippen molar-refractivity contribution < 1.29 is 18.0 Å². The molecule has 1 aliphatic rings. The van der Waals surface area contributed by atoms with Gasteiger partial charge < -0.3 is 10.6 Å². The molecule has 1 unspecified atom stereocenters. The molecule has 25 heavy (non-hydrogen) atoms. The first kappa shape index (κ1) is 19.2. The number of aromatic nitrogens is 3. The molecule has 2 heterocycles. The maximum absolute atomic E-state index is 13.1. The molecule has 1 saturated heterocycles. The number of piperidine rings is 1. The molecule has 2 N–H and O–H groups in total. The lowest BCUT2D eigenvalue weighted by atomic mass is 10.1. The van der Waals surface area contributed by atoms with Crippen molar-refractivity contribution in [3.05, 3.63) is 41.7 Å². The van der Waals surface area contributed by atoms with E-state index < -0.39 is 17.6 Å². The quantitative estimate of drug-likeness (QED) is 0.862. The number of carbonyl (C=O) groups is 1. The molecule has 1 atom stereocenters. The van der Waals surface area contributed by atoms with Crippen molar-refractivity contribution in [3.63, 3.8) is 0 Å². The summed E-state index contributed by atoms with van der Waals surface area (Å²) in [6.07, 6.45) is -1.50. The molecule has 1 amide bonds. The van der Waals surface area contributed by atoms with E-state index in [2.05, 4.69) is 20.9 Å². The Kier molecular flexibility index (Phi) is 6.02. The molecule has 1 aromatic carbocycles. The number of alkyl halides is 3. The van der Waals surface area contributed by atoms with Gasteiger partial charge in [0.2, 0.25) is 0 Å². The molecule has 2 aromatic rings. The van der Waals surface area contributed by atoms with Crippen molar-refractivity contribution in [2.75, 3.05) is 13.1 Å². The minimum absolute atomic E-state index is 0. The number of para-hydroxylation sites is 1. The minimum Gasteiger partial charge on any atom is -0.347 e. The number of nitrogens with one attached hydrogen (secondary N) is 2. The molecule has 0 bridgehead atoms. The van der Waals surface area contributed by atoms with Gasteiger partial charge in [-0.3, -0.25) is 4.79 Å². The van der Waals surface area contributed by atoms with Gasteiger partial charge >= 0.3 is 6.18 Å². The number of hydrogen-bond donors (Lipinski definition) is 2. The summed E-state index contributed by atoms with van der Waals surface area (Å²) >= 11 is 0. The second kappa shape index (κ2) is 7.83. The predicted octanol–water partition coefficient (Wildman–Crippen LogP) is 2.19. The summed E-state index contributed by atoms with van der Waals surface area (Å²) in [6.45, 7) is 1.58. The van der Waals surface area contributed by atoms with Gasteiger partial charge in [-0.25, -0.2) is 4.68 Å². The smallest absolute Gasteiger partial charge is 0.347 e. The van der Waals surface area contributed by atoms with Gasteiger partial charge in [0.05, 0.1) is 17.4 Å². The lowest BCUT2D eigenvalue weighted by Gasteiger charge is -2.23. The third-order valence-corrected chi connectivity index (χ3v) is 3.81. The van der Waals surface area contributed by atoms with Gasteiger partial charge in [-0.15, -0.1) is 17.5 Å². The largest absolute Gasteiger partial charge is 0.418 e. The summed E-state index contributed by atoms with van der Waals surface area (Å²) in [4.78, 5) is 12.2. The van der Waals surface area contributed by atoms with Crippen LogP contribution in [0.15, 0.2) is 30.5 Å². The van der Waals surface area contributed by atoms with E-state index in [1.807, 2.05) is 0 Å². The van der Waals surface area contributed by atoms with Gasteiger partial charge in [0.1, 0.15) is 0 Å². The molecule has 10 heteroatoms. The molecule has 0 saturated carbocycles.